The molecule has 2 aromatic carbocycles. The maximum absolute atomic E-state index is 14.4. The highest BCUT2D eigenvalue weighted by Crippen LogP contribution is 2.52. The molecule has 3 heterocycles. The zero-order chi connectivity index (χ0) is 29.5. The topological polar surface area (TPSA) is 33.1 Å². The monoisotopic (exact) mass is 616 g/mol. The van der Waals surface area contributed by atoms with Gasteiger partial charge in [-0.25, -0.2) is 4.98 Å². The second kappa shape index (κ2) is 9.93. The highest BCUT2D eigenvalue weighted by atomic mass is 35.5. The zero-order valence-electron chi connectivity index (χ0n) is 23.5. The molecule has 6 rings (SSSR count). The summed E-state index contributed by atoms with van der Waals surface area (Å²) in [6.07, 6.45) is 0.739. The van der Waals surface area contributed by atoms with Gasteiger partial charge in [0.25, 0.3) is 0 Å². The number of hydrogen-bond acceptors (Lipinski definition) is 5. The van der Waals surface area contributed by atoms with E-state index in [0.29, 0.717) is 22.0 Å². The summed E-state index contributed by atoms with van der Waals surface area (Å²) >= 11 is 16.4. The van der Waals surface area contributed by atoms with Crippen molar-refractivity contribution in [3.05, 3.63) is 70.6 Å². The van der Waals surface area contributed by atoms with Gasteiger partial charge >= 0.3 is 6.18 Å². The average Bonchev–Trinajstić information content (AvgIpc) is 3.40. The Bertz CT molecular complexity index is 1530. The molecule has 1 saturated heterocycles. The van der Waals surface area contributed by atoms with Gasteiger partial charge < -0.3 is 14.8 Å². The van der Waals surface area contributed by atoms with Crippen LogP contribution in [-0.4, -0.2) is 52.6 Å². The van der Waals surface area contributed by atoms with Crippen LogP contribution in [0.2, 0.25) is 5.02 Å². The van der Waals surface area contributed by atoms with Crippen molar-refractivity contribution in [2.75, 3.05) is 18.4 Å². The molecule has 0 amide bonds. The zero-order valence-corrected chi connectivity index (χ0v) is 26.1. The molecule has 1 aromatic heterocycles. The van der Waals surface area contributed by atoms with Gasteiger partial charge in [-0.2, -0.15) is 38.4 Å². The first-order chi connectivity index (χ1) is 19.1. The number of rotatable bonds is 5. The molecule has 3 aliphatic rings. The van der Waals surface area contributed by atoms with Gasteiger partial charge in [0.05, 0.1) is 27.0 Å². The first-order valence-electron chi connectivity index (χ1n) is 14.2. The Balaban J connectivity index is 1.25. The molecule has 12 heteroatoms. The van der Waals surface area contributed by atoms with E-state index in [-0.39, 0.29) is 23.4 Å². The fourth-order valence-corrected chi connectivity index (χ4v) is 7.97. The molecule has 0 unspecified atom stereocenters. The SMILES string of the molecule is BC(B)(N1CCC2(CC1)C(=C)Nc1ccc(Cl)cc12)C(S)(S)Cc1cc(C(F)(F)F)c2c(c1)ncn2C1CC(C)C1. The number of alkyl halides is 3. The molecule has 0 radical (unpaired) electrons. The molecular weight excluding hydrogens is 583 g/mol. The average molecular weight is 617 g/mol. The molecule has 1 saturated carbocycles. The minimum absolute atomic E-state index is 0.0614. The molecular formula is C29H34B2ClF3N4S2. The fraction of sp³-hybridized carbons (Fsp3) is 0.483. The maximum Gasteiger partial charge on any atom is 0.418 e. The van der Waals surface area contributed by atoms with Crippen LogP contribution in [0.3, 0.4) is 0 Å². The summed E-state index contributed by atoms with van der Waals surface area (Å²) < 4.78 is 43.9. The molecule has 1 spiro atoms. The van der Waals surface area contributed by atoms with Crippen LogP contribution in [0.15, 0.2) is 48.9 Å². The van der Waals surface area contributed by atoms with E-state index >= 15 is 0 Å². The number of likely N-dealkylation sites (tertiary alicyclic amines) is 1. The number of anilines is 1. The van der Waals surface area contributed by atoms with Gasteiger partial charge in [-0.15, -0.1) is 0 Å². The third-order valence-electron chi connectivity index (χ3n) is 9.98. The van der Waals surface area contributed by atoms with Crippen molar-refractivity contribution < 1.29 is 13.2 Å². The fourth-order valence-electron chi connectivity index (χ4n) is 7.15. The van der Waals surface area contributed by atoms with Crippen molar-refractivity contribution in [1.29, 1.82) is 0 Å². The lowest BCUT2D eigenvalue weighted by atomic mass is 9.56. The highest BCUT2D eigenvalue weighted by molar-refractivity contribution is 8.01. The molecule has 0 bridgehead atoms. The molecule has 41 heavy (non-hydrogen) atoms. The summed E-state index contributed by atoms with van der Waals surface area (Å²) in [6.45, 7) is 7.99. The third-order valence-corrected chi connectivity index (χ3v) is 11.6. The smallest absolute Gasteiger partial charge is 0.358 e. The number of imidazole rings is 1. The van der Waals surface area contributed by atoms with Crippen LogP contribution in [0, 0.1) is 5.92 Å². The number of nitrogens with zero attached hydrogens (tertiary/aromatic N) is 3. The molecule has 2 fully saturated rings. The van der Waals surface area contributed by atoms with Gasteiger partial charge in [-0.1, -0.05) is 25.1 Å². The van der Waals surface area contributed by atoms with Crippen molar-refractivity contribution in [3.63, 3.8) is 0 Å². The summed E-state index contributed by atoms with van der Waals surface area (Å²) in [5, 5.41) is 3.61. The summed E-state index contributed by atoms with van der Waals surface area (Å²) in [4.78, 5) is 6.77. The van der Waals surface area contributed by atoms with E-state index in [2.05, 4.69) is 44.4 Å². The summed E-state index contributed by atoms with van der Waals surface area (Å²) in [6, 6.07) is 9.04. The molecule has 216 valence electrons. The minimum Gasteiger partial charge on any atom is -0.358 e. The van der Waals surface area contributed by atoms with Crippen molar-refractivity contribution in [1.82, 2.24) is 14.5 Å². The van der Waals surface area contributed by atoms with Crippen molar-refractivity contribution in [2.45, 2.75) is 66.1 Å². The Morgan fingerprint density at radius 1 is 1.15 bits per heavy atom. The third kappa shape index (κ3) is 4.83. The van der Waals surface area contributed by atoms with Gasteiger partial charge in [0.15, 0.2) is 0 Å². The Hall–Kier alpha value is -1.68. The maximum atomic E-state index is 14.4. The summed E-state index contributed by atoms with van der Waals surface area (Å²) in [7, 11) is 4.15. The molecule has 2 aliphatic heterocycles. The van der Waals surface area contributed by atoms with Crippen LogP contribution in [0.1, 0.15) is 55.3 Å². The van der Waals surface area contributed by atoms with E-state index in [0.717, 1.165) is 50.2 Å². The van der Waals surface area contributed by atoms with E-state index in [1.54, 1.807) is 17.0 Å². The summed E-state index contributed by atoms with van der Waals surface area (Å²) in [5.74, 6) is 0.516. The van der Waals surface area contributed by atoms with Gasteiger partial charge in [0.2, 0.25) is 0 Å². The van der Waals surface area contributed by atoms with Crippen molar-refractivity contribution >= 4 is 69.3 Å². The first kappa shape index (κ1) is 29.4. The Kier molecular flexibility index (Phi) is 7.12. The van der Waals surface area contributed by atoms with E-state index < -0.39 is 21.2 Å². The normalized spacial score (nSPS) is 23.0. The van der Waals surface area contributed by atoms with E-state index in [1.165, 1.54) is 11.6 Å². The molecule has 4 nitrogen and oxygen atoms in total. The van der Waals surface area contributed by atoms with Crippen LogP contribution in [0.5, 0.6) is 0 Å². The number of nitrogens with one attached hydrogen (secondary N) is 1. The number of halogens is 4. The Labute approximate surface area is 257 Å². The van der Waals surface area contributed by atoms with E-state index in [4.69, 9.17) is 36.9 Å². The Morgan fingerprint density at radius 3 is 2.46 bits per heavy atom. The van der Waals surface area contributed by atoms with Crippen molar-refractivity contribution in [2.24, 2.45) is 5.92 Å². The molecule has 3 aromatic rings. The van der Waals surface area contributed by atoms with Gasteiger partial charge in [0, 0.05) is 27.9 Å². The standard InChI is InChI=1S/C29H34B2ClF3N4S2/c1-16-9-20(10-16)39-15-36-24-12-18(11-22(25(24)39)28(33,34)35)14-27(40,41)29(30,31)38-7-5-26(6-8-38)17(2)37-23-4-3-19(32)13-21(23)26/h3-4,11-13,15-16,20,37,40-41H,2,5-10,14,30-31H2,1H3. The lowest BCUT2D eigenvalue weighted by molar-refractivity contribution is -0.136. The van der Waals surface area contributed by atoms with Crippen LogP contribution in [-0.2, 0) is 18.0 Å². The van der Waals surface area contributed by atoms with Crippen LogP contribution >= 0.6 is 36.9 Å². The quantitative estimate of drug-likeness (QED) is 0.196. The molecule has 1 aliphatic carbocycles. The lowest BCUT2D eigenvalue weighted by Crippen LogP contribution is -2.64. The molecule has 1 N–H and O–H groups in total. The molecule has 0 atom stereocenters. The van der Waals surface area contributed by atoms with Crippen LogP contribution in [0.4, 0.5) is 18.9 Å². The van der Waals surface area contributed by atoms with Gasteiger partial charge in [-0.3, -0.25) is 0 Å². The number of hydrogen-bond donors (Lipinski definition) is 3. The number of thiol groups is 2. The van der Waals surface area contributed by atoms with Crippen LogP contribution in [0.25, 0.3) is 11.0 Å². The summed E-state index contributed by atoms with van der Waals surface area (Å²) in [5.41, 5.74) is 3.45. The number of allylic oxidation sites excluding steroid dienone is 1. The van der Waals surface area contributed by atoms with Crippen molar-refractivity contribution in [3.8, 4) is 0 Å². The lowest BCUT2D eigenvalue weighted by Gasteiger charge is -2.53. The first-order valence-corrected chi connectivity index (χ1v) is 15.4. The minimum atomic E-state index is -4.50. The second-order valence-corrected chi connectivity index (χ2v) is 15.1. The number of piperidine rings is 1. The predicted octanol–water partition coefficient (Wildman–Crippen LogP) is 5.67. The Morgan fingerprint density at radius 2 is 1.83 bits per heavy atom. The second-order valence-electron chi connectivity index (χ2n) is 12.8. The van der Waals surface area contributed by atoms with E-state index in [1.807, 2.05) is 18.2 Å². The largest absolute Gasteiger partial charge is 0.418 e. The van der Waals surface area contributed by atoms with Gasteiger partial charge in [-0.05, 0) is 97.9 Å². The number of benzene rings is 2. The number of aromatic nitrogens is 2. The highest BCUT2D eigenvalue weighted by Gasteiger charge is 2.50. The number of fused-ring (bicyclic) bond motifs is 3. The van der Waals surface area contributed by atoms with Gasteiger partial charge in [0.1, 0.15) is 15.7 Å². The van der Waals surface area contributed by atoms with E-state index in [9.17, 15) is 13.2 Å². The predicted molar refractivity (Wildman–Crippen MR) is 173 cm³/mol. The van der Waals surface area contributed by atoms with Crippen LogP contribution < -0.4 is 5.32 Å².